The van der Waals surface area contributed by atoms with Gasteiger partial charge in [0.05, 0.1) is 5.69 Å². The Labute approximate surface area is 117 Å². The highest BCUT2D eigenvalue weighted by Crippen LogP contribution is 2.23. The fourth-order valence-electron chi connectivity index (χ4n) is 1.32. The van der Waals surface area contributed by atoms with Gasteiger partial charge >= 0.3 is 12.0 Å². The molecule has 19 heavy (non-hydrogen) atoms. The Hall–Kier alpha value is -1.89. The van der Waals surface area contributed by atoms with E-state index < -0.39 is 24.4 Å². The van der Waals surface area contributed by atoms with Gasteiger partial charge in [0.15, 0.2) is 0 Å². The molecule has 0 radical (unpaired) electrons. The number of hydrogen-bond donors (Lipinski definition) is 2. The molecule has 0 fully saturated rings. The van der Waals surface area contributed by atoms with Gasteiger partial charge in [0.25, 0.3) is 0 Å². The second-order valence-corrected chi connectivity index (χ2v) is 4.47. The summed E-state index contributed by atoms with van der Waals surface area (Å²) in [4.78, 5) is 23.6. The summed E-state index contributed by atoms with van der Waals surface area (Å²) in [5.41, 5.74) is 0.353. The van der Waals surface area contributed by atoms with Crippen molar-refractivity contribution in [3.63, 3.8) is 0 Å². The molecule has 0 aliphatic carbocycles. The number of carboxylic acids is 1. The smallest absolute Gasteiger partial charge is 0.323 e. The van der Waals surface area contributed by atoms with Crippen molar-refractivity contribution in [1.29, 1.82) is 0 Å². The van der Waals surface area contributed by atoms with Crippen molar-refractivity contribution in [1.82, 2.24) is 4.90 Å². The second-order valence-electron chi connectivity index (χ2n) is 3.62. The Balaban J connectivity index is 2.80. The molecule has 2 N–H and O–H groups in total. The normalized spacial score (nSPS) is 9.79. The Kier molecular flexibility index (Phi) is 5.50. The van der Waals surface area contributed by atoms with E-state index >= 15 is 0 Å². The molecule has 0 aliphatic heterocycles. The van der Waals surface area contributed by atoms with Crippen LogP contribution in [0.2, 0.25) is 0 Å². The second kappa shape index (κ2) is 6.89. The molecule has 0 heterocycles. The van der Waals surface area contributed by atoms with Gasteiger partial charge in [0.1, 0.15) is 12.4 Å². The highest BCUT2D eigenvalue weighted by atomic mass is 79.9. The van der Waals surface area contributed by atoms with Crippen LogP contribution in [0.4, 0.5) is 14.9 Å². The first kappa shape index (κ1) is 15.2. The lowest BCUT2D eigenvalue weighted by Gasteiger charge is -2.19. The van der Waals surface area contributed by atoms with Gasteiger partial charge in [-0.15, -0.1) is 6.58 Å². The highest BCUT2D eigenvalue weighted by Gasteiger charge is 2.16. The zero-order valence-corrected chi connectivity index (χ0v) is 11.5. The number of carboxylic acid groups (broad SMARTS) is 1. The number of halogens is 2. The molecule has 1 aromatic rings. The standard InChI is InChI=1S/C12H12BrFN2O3/c1-2-5-16(7-11(17)18)12(19)15-10-4-3-8(14)6-9(10)13/h2-4,6H,1,5,7H2,(H,15,19)(H,17,18). The average Bonchev–Trinajstić information content (AvgIpc) is 2.31. The Morgan fingerprint density at radius 1 is 1.53 bits per heavy atom. The molecule has 0 aliphatic rings. The summed E-state index contributed by atoms with van der Waals surface area (Å²) < 4.78 is 13.3. The molecular weight excluding hydrogens is 319 g/mol. The number of urea groups is 1. The largest absolute Gasteiger partial charge is 0.480 e. The van der Waals surface area contributed by atoms with E-state index in [2.05, 4.69) is 27.8 Å². The molecule has 0 atom stereocenters. The van der Waals surface area contributed by atoms with Gasteiger partial charge in [0, 0.05) is 11.0 Å². The minimum atomic E-state index is -1.13. The van der Waals surface area contributed by atoms with E-state index in [0.717, 1.165) is 4.90 Å². The summed E-state index contributed by atoms with van der Waals surface area (Å²) in [5.74, 6) is -1.58. The minimum absolute atomic E-state index is 0.0942. The Morgan fingerprint density at radius 3 is 2.74 bits per heavy atom. The van der Waals surface area contributed by atoms with Crippen molar-refractivity contribution in [3.05, 3.63) is 41.1 Å². The summed E-state index contributed by atoms with van der Waals surface area (Å²) in [6, 6.07) is 3.17. The average molecular weight is 331 g/mol. The van der Waals surface area contributed by atoms with Gasteiger partial charge in [-0.2, -0.15) is 0 Å². The number of aliphatic carboxylic acids is 1. The molecular formula is C12H12BrFN2O3. The van der Waals surface area contributed by atoms with Crippen LogP contribution in [-0.2, 0) is 4.79 Å². The predicted molar refractivity (Wildman–Crippen MR) is 72.5 cm³/mol. The van der Waals surface area contributed by atoms with Crippen LogP contribution in [-0.4, -0.2) is 35.1 Å². The third kappa shape index (κ3) is 4.70. The molecule has 1 rings (SSSR count). The van der Waals surface area contributed by atoms with Crippen molar-refractivity contribution < 1.29 is 19.1 Å². The Morgan fingerprint density at radius 2 is 2.21 bits per heavy atom. The van der Waals surface area contributed by atoms with Gasteiger partial charge in [-0.1, -0.05) is 6.08 Å². The molecule has 5 nitrogen and oxygen atoms in total. The summed E-state index contributed by atoms with van der Waals surface area (Å²) in [6.07, 6.45) is 1.42. The van der Waals surface area contributed by atoms with Crippen LogP contribution in [0.15, 0.2) is 35.3 Å². The fourth-order valence-corrected chi connectivity index (χ4v) is 1.77. The van der Waals surface area contributed by atoms with E-state index in [0.29, 0.717) is 10.2 Å². The van der Waals surface area contributed by atoms with E-state index in [1.54, 1.807) is 0 Å². The minimum Gasteiger partial charge on any atom is -0.480 e. The topological polar surface area (TPSA) is 69.6 Å². The zero-order valence-electron chi connectivity index (χ0n) is 9.90. The van der Waals surface area contributed by atoms with Crippen molar-refractivity contribution in [2.24, 2.45) is 0 Å². The van der Waals surface area contributed by atoms with Crippen molar-refractivity contribution in [2.75, 3.05) is 18.4 Å². The molecule has 102 valence electrons. The van der Waals surface area contributed by atoms with Crippen LogP contribution in [0.5, 0.6) is 0 Å². The maximum Gasteiger partial charge on any atom is 0.323 e. The van der Waals surface area contributed by atoms with Gasteiger partial charge in [-0.3, -0.25) is 4.79 Å². The van der Waals surface area contributed by atoms with Crippen LogP contribution < -0.4 is 5.32 Å². The van der Waals surface area contributed by atoms with E-state index in [1.807, 2.05) is 0 Å². The van der Waals surface area contributed by atoms with Crippen molar-refractivity contribution in [2.45, 2.75) is 0 Å². The predicted octanol–water partition coefficient (Wildman–Crippen LogP) is 2.69. The fraction of sp³-hybridized carbons (Fsp3) is 0.167. The van der Waals surface area contributed by atoms with Gasteiger partial charge in [-0.05, 0) is 34.1 Å². The third-order valence-electron chi connectivity index (χ3n) is 2.14. The molecule has 1 aromatic carbocycles. The number of hydrogen-bond acceptors (Lipinski definition) is 2. The summed E-state index contributed by atoms with van der Waals surface area (Å²) in [7, 11) is 0. The molecule has 0 saturated heterocycles. The maximum absolute atomic E-state index is 12.9. The van der Waals surface area contributed by atoms with Crippen LogP contribution in [0.25, 0.3) is 0 Å². The molecule has 0 unspecified atom stereocenters. The van der Waals surface area contributed by atoms with Crippen molar-refractivity contribution >= 4 is 33.6 Å². The summed E-state index contributed by atoms with van der Waals surface area (Å²) in [6.45, 7) is 3.10. The highest BCUT2D eigenvalue weighted by molar-refractivity contribution is 9.10. The van der Waals surface area contributed by atoms with Crippen LogP contribution in [0.1, 0.15) is 0 Å². The number of carbonyl (C=O) groups is 2. The molecule has 2 amide bonds. The molecule has 7 heteroatoms. The van der Waals surface area contributed by atoms with E-state index in [4.69, 9.17) is 5.11 Å². The molecule has 0 bridgehead atoms. The van der Waals surface area contributed by atoms with Gasteiger partial charge in [-0.25, -0.2) is 9.18 Å². The number of benzene rings is 1. The van der Waals surface area contributed by atoms with E-state index in [1.165, 1.54) is 24.3 Å². The SMILES string of the molecule is C=CCN(CC(=O)O)C(=O)Nc1ccc(F)cc1Br. The molecule has 0 spiro atoms. The number of rotatable bonds is 5. The van der Waals surface area contributed by atoms with Crippen LogP contribution in [0, 0.1) is 5.82 Å². The molecule has 0 saturated carbocycles. The Bertz CT molecular complexity index is 508. The number of nitrogens with zero attached hydrogens (tertiary/aromatic N) is 1. The lowest BCUT2D eigenvalue weighted by atomic mass is 10.3. The number of nitrogens with one attached hydrogen (secondary N) is 1. The van der Waals surface area contributed by atoms with Crippen LogP contribution >= 0.6 is 15.9 Å². The lowest BCUT2D eigenvalue weighted by Crippen LogP contribution is -2.38. The maximum atomic E-state index is 12.9. The quantitative estimate of drug-likeness (QED) is 0.815. The summed E-state index contributed by atoms with van der Waals surface area (Å²) >= 11 is 3.10. The van der Waals surface area contributed by atoms with Gasteiger partial charge in [0.2, 0.25) is 0 Å². The third-order valence-corrected chi connectivity index (χ3v) is 2.79. The first-order valence-corrected chi connectivity index (χ1v) is 6.07. The van der Waals surface area contributed by atoms with Crippen molar-refractivity contribution in [3.8, 4) is 0 Å². The number of anilines is 1. The van der Waals surface area contributed by atoms with E-state index in [-0.39, 0.29) is 6.54 Å². The zero-order chi connectivity index (χ0) is 14.4. The van der Waals surface area contributed by atoms with E-state index in [9.17, 15) is 14.0 Å². The molecule has 0 aromatic heterocycles. The summed E-state index contributed by atoms with van der Waals surface area (Å²) in [5, 5.41) is 11.2. The lowest BCUT2D eigenvalue weighted by molar-refractivity contribution is -0.137. The first-order chi connectivity index (χ1) is 8.93. The number of carbonyl (C=O) groups excluding carboxylic acids is 1. The van der Waals surface area contributed by atoms with Crippen LogP contribution in [0.3, 0.4) is 0 Å². The van der Waals surface area contributed by atoms with Gasteiger partial charge < -0.3 is 15.3 Å². The monoisotopic (exact) mass is 330 g/mol. The first-order valence-electron chi connectivity index (χ1n) is 5.27. The number of amides is 2.